The molecule has 0 aliphatic heterocycles. The van der Waals surface area contributed by atoms with Gasteiger partial charge in [-0.25, -0.2) is 9.97 Å². The molecular formula is C18H14N2O2Pt. The fourth-order valence-electron chi connectivity index (χ4n) is 2.11. The largest absolute Gasteiger partial charge is 0.493 e. The van der Waals surface area contributed by atoms with Crippen LogP contribution >= 0.6 is 0 Å². The van der Waals surface area contributed by atoms with Gasteiger partial charge in [0.2, 0.25) is 11.8 Å². The number of pyridine rings is 2. The van der Waals surface area contributed by atoms with Gasteiger partial charge in [0.05, 0.1) is 11.0 Å². The van der Waals surface area contributed by atoms with Crippen LogP contribution in [0.4, 0.5) is 0 Å². The molecular weight excluding hydrogens is 471 g/mol. The summed E-state index contributed by atoms with van der Waals surface area (Å²) in [6, 6.07) is 22.2. The minimum absolute atomic E-state index is 0. The fourth-order valence-corrected chi connectivity index (χ4v) is 2.11. The van der Waals surface area contributed by atoms with Gasteiger partial charge in [-0.15, -0.1) is 0 Å². The van der Waals surface area contributed by atoms with Gasteiger partial charge < -0.3 is 10.2 Å². The van der Waals surface area contributed by atoms with Crippen molar-refractivity contribution in [1.29, 1.82) is 0 Å². The zero-order valence-electron chi connectivity index (χ0n) is 12.0. The van der Waals surface area contributed by atoms with E-state index in [1.165, 1.54) is 0 Å². The van der Waals surface area contributed by atoms with Crippen LogP contribution in [0, 0.1) is 0 Å². The third-order valence-electron chi connectivity index (χ3n) is 3.17. The summed E-state index contributed by atoms with van der Waals surface area (Å²) >= 11 is 0. The van der Waals surface area contributed by atoms with Crippen molar-refractivity contribution in [2.75, 3.05) is 0 Å². The predicted molar refractivity (Wildman–Crippen MR) is 86.8 cm³/mol. The van der Waals surface area contributed by atoms with Crippen molar-refractivity contribution < 1.29 is 31.3 Å². The number of hydrogen-bond acceptors (Lipinski definition) is 4. The van der Waals surface area contributed by atoms with E-state index in [1.54, 1.807) is 12.1 Å². The smallest absolute Gasteiger partial charge is 0.211 e. The quantitative estimate of drug-likeness (QED) is 0.397. The van der Waals surface area contributed by atoms with Crippen molar-refractivity contribution in [2.24, 2.45) is 0 Å². The number of nitrogens with zero attached hydrogens (tertiary/aromatic N) is 2. The molecule has 0 aliphatic rings. The van der Waals surface area contributed by atoms with Crippen LogP contribution < -0.4 is 0 Å². The van der Waals surface area contributed by atoms with Crippen molar-refractivity contribution in [2.45, 2.75) is 0 Å². The van der Waals surface area contributed by atoms with Crippen LogP contribution in [0.3, 0.4) is 0 Å². The molecule has 2 heterocycles. The summed E-state index contributed by atoms with van der Waals surface area (Å²) in [5.41, 5.74) is 1.65. The molecule has 0 fully saturated rings. The van der Waals surface area contributed by atoms with Crippen LogP contribution in [0.2, 0.25) is 0 Å². The zero-order chi connectivity index (χ0) is 15.4. The molecule has 0 saturated heterocycles. The summed E-state index contributed by atoms with van der Waals surface area (Å²) in [6.07, 6.45) is 0. The van der Waals surface area contributed by atoms with E-state index >= 15 is 0 Å². The van der Waals surface area contributed by atoms with Crippen LogP contribution in [0.15, 0.2) is 72.8 Å². The fraction of sp³-hybridized carbons (Fsp3) is 0. The van der Waals surface area contributed by atoms with E-state index in [1.807, 2.05) is 60.7 Å². The van der Waals surface area contributed by atoms with Crippen molar-refractivity contribution in [1.82, 2.24) is 9.97 Å². The zero-order valence-corrected chi connectivity index (χ0v) is 14.3. The molecule has 2 aromatic carbocycles. The van der Waals surface area contributed by atoms with Gasteiger partial charge in [-0.2, -0.15) is 0 Å². The molecule has 0 atom stereocenters. The van der Waals surface area contributed by atoms with E-state index < -0.39 is 0 Å². The molecule has 0 saturated carbocycles. The van der Waals surface area contributed by atoms with Gasteiger partial charge in [0.1, 0.15) is 0 Å². The Labute approximate surface area is 147 Å². The maximum absolute atomic E-state index is 9.02. The van der Waals surface area contributed by atoms with Gasteiger partial charge in [-0.1, -0.05) is 36.4 Å². The first-order valence-electron chi connectivity index (χ1n) is 6.82. The summed E-state index contributed by atoms with van der Waals surface area (Å²) in [5.74, 6) is 0.146. The molecule has 5 heteroatoms. The summed E-state index contributed by atoms with van der Waals surface area (Å²) in [7, 11) is 0. The second-order valence-corrected chi connectivity index (χ2v) is 4.72. The van der Waals surface area contributed by atoms with Crippen LogP contribution in [0.25, 0.3) is 21.8 Å². The van der Waals surface area contributed by atoms with Crippen molar-refractivity contribution in [3.8, 4) is 11.8 Å². The molecule has 0 amide bonds. The van der Waals surface area contributed by atoms with Crippen molar-refractivity contribution in [3.63, 3.8) is 0 Å². The van der Waals surface area contributed by atoms with E-state index in [4.69, 9.17) is 10.2 Å². The van der Waals surface area contributed by atoms with Gasteiger partial charge in [0.25, 0.3) is 0 Å². The average molecular weight is 485 g/mol. The van der Waals surface area contributed by atoms with E-state index in [0.717, 1.165) is 21.8 Å². The first-order chi connectivity index (χ1) is 10.7. The molecule has 0 bridgehead atoms. The van der Waals surface area contributed by atoms with E-state index in [2.05, 4.69) is 9.97 Å². The molecule has 0 unspecified atom stereocenters. The molecule has 4 aromatic rings. The molecule has 0 radical (unpaired) electrons. The van der Waals surface area contributed by atoms with E-state index in [0.29, 0.717) is 0 Å². The maximum atomic E-state index is 9.02. The number of rotatable bonds is 0. The minimum Gasteiger partial charge on any atom is -0.493 e. The third kappa shape index (κ3) is 4.27. The average Bonchev–Trinajstić information content (AvgIpc) is 2.55. The molecule has 2 aromatic heterocycles. The topological polar surface area (TPSA) is 66.2 Å². The Morgan fingerprint density at radius 3 is 1.35 bits per heavy atom. The first-order valence-corrected chi connectivity index (χ1v) is 6.82. The van der Waals surface area contributed by atoms with Gasteiger partial charge in [0.15, 0.2) is 0 Å². The Morgan fingerprint density at radius 1 is 0.522 bits per heavy atom. The monoisotopic (exact) mass is 485 g/mol. The number of benzene rings is 2. The molecule has 118 valence electrons. The van der Waals surface area contributed by atoms with Crippen LogP contribution in [0.5, 0.6) is 11.8 Å². The van der Waals surface area contributed by atoms with Crippen LogP contribution in [-0.2, 0) is 21.1 Å². The maximum Gasteiger partial charge on any atom is 0.211 e. The Kier molecular flexibility index (Phi) is 5.66. The number of para-hydroxylation sites is 2. The molecule has 0 aliphatic carbocycles. The van der Waals surface area contributed by atoms with Gasteiger partial charge in [0, 0.05) is 44.0 Å². The van der Waals surface area contributed by atoms with E-state index in [-0.39, 0.29) is 32.8 Å². The van der Waals surface area contributed by atoms with E-state index in [9.17, 15) is 0 Å². The molecule has 4 nitrogen and oxygen atoms in total. The SMILES string of the molecule is Oc1ccc2ccccc2n1.Oc1ccc2ccccc2n1.[Pt]. The molecule has 0 spiro atoms. The number of hydrogen-bond donors (Lipinski definition) is 2. The summed E-state index contributed by atoms with van der Waals surface area (Å²) in [6.45, 7) is 0. The Bertz CT molecular complexity index is 851. The molecule has 23 heavy (non-hydrogen) atoms. The molecule has 2 N–H and O–H groups in total. The third-order valence-corrected chi connectivity index (χ3v) is 3.17. The second-order valence-electron chi connectivity index (χ2n) is 4.72. The van der Waals surface area contributed by atoms with Gasteiger partial charge >= 0.3 is 0 Å². The van der Waals surface area contributed by atoms with Gasteiger partial charge in [-0.05, 0) is 24.3 Å². The van der Waals surface area contributed by atoms with Crippen LogP contribution in [-0.4, -0.2) is 20.2 Å². The van der Waals surface area contributed by atoms with Crippen molar-refractivity contribution in [3.05, 3.63) is 72.8 Å². The number of aromatic hydroxyl groups is 2. The predicted octanol–water partition coefficient (Wildman–Crippen LogP) is 3.88. The summed E-state index contributed by atoms with van der Waals surface area (Å²) < 4.78 is 0. The first kappa shape index (κ1) is 16.9. The standard InChI is InChI=1S/2C9H7NO.Pt/c2*11-9-6-5-7-3-1-2-4-8(7)10-9;/h2*1-6H,(H,10,11);. The normalized spacial score (nSPS) is 9.74. The Morgan fingerprint density at radius 2 is 0.913 bits per heavy atom. The van der Waals surface area contributed by atoms with Crippen molar-refractivity contribution >= 4 is 21.8 Å². The summed E-state index contributed by atoms with van der Waals surface area (Å²) in [4.78, 5) is 7.86. The van der Waals surface area contributed by atoms with Crippen LogP contribution in [0.1, 0.15) is 0 Å². The Balaban J connectivity index is 0.000000160. The molecule has 4 rings (SSSR count). The Hall–Kier alpha value is -2.45. The summed E-state index contributed by atoms with van der Waals surface area (Å²) in [5, 5.41) is 20.1. The number of fused-ring (bicyclic) bond motifs is 2. The second kappa shape index (κ2) is 7.70. The van der Waals surface area contributed by atoms with Gasteiger partial charge in [-0.3, -0.25) is 0 Å². The number of aromatic nitrogens is 2. The minimum atomic E-state index is 0.